The van der Waals surface area contributed by atoms with Crippen LogP contribution in [-0.4, -0.2) is 22.5 Å². The smallest absolute Gasteiger partial charge is 0.323 e. The molecule has 8 heteroatoms. The molecule has 1 fully saturated rings. The second-order valence-corrected chi connectivity index (χ2v) is 4.59. The van der Waals surface area contributed by atoms with Gasteiger partial charge in [0.2, 0.25) is 0 Å². The number of carbonyl (C=O) groups is 2. The maximum Gasteiger partial charge on any atom is 0.433 e. The summed E-state index contributed by atoms with van der Waals surface area (Å²) in [6, 6.07) is 1.09. The van der Waals surface area contributed by atoms with Gasteiger partial charge in [-0.15, -0.1) is 0 Å². The van der Waals surface area contributed by atoms with Crippen LogP contribution in [0.1, 0.15) is 19.5 Å². The lowest BCUT2D eigenvalue weighted by Crippen LogP contribution is -2.40. The van der Waals surface area contributed by atoms with E-state index in [1.165, 1.54) is 19.9 Å². The van der Waals surface area contributed by atoms with Gasteiger partial charge in [0.25, 0.3) is 5.91 Å². The molecule has 1 aromatic heterocycles. The van der Waals surface area contributed by atoms with Gasteiger partial charge in [-0.25, -0.2) is 9.69 Å². The van der Waals surface area contributed by atoms with Gasteiger partial charge in [-0.1, -0.05) is 0 Å². The van der Waals surface area contributed by atoms with Crippen molar-refractivity contribution in [2.45, 2.75) is 25.6 Å². The number of rotatable bonds is 1. The summed E-state index contributed by atoms with van der Waals surface area (Å²) in [6.07, 6.45) is -3.73. The minimum Gasteiger partial charge on any atom is -0.323 e. The highest BCUT2D eigenvalue weighted by atomic mass is 19.4. The van der Waals surface area contributed by atoms with E-state index in [9.17, 15) is 22.8 Å². The molecule has 1 aromatic rings. The number of pyridine rings is 1. The van der Waals surface area contributed by atoms with E-state index in [-0.39, 0.29) is 5.69 Å². The molecule has 0 atom stereocenters. The van der Waals surface area contributed by atoms with Crippen molar-refractivity contribution in [3.05, 3.63) is 24.0 Å². The topological polar surface area (TPSA) is 62.3 Å². The number of halogens is 3. The third-order valence-corrected chi connectivity index (χ3v) is 2.65. The van der Waals surface area contributed by atoms with Gasteiger partial charge in [-0.05, 0) is 26.0 Å². The van der Waals surface area contributed by atoms with Gasteiger partial charge in [-0.2, -0.15) is 13.2 Å². The molecule has 0 unspecified atom stereocenters. The highest BCUT2D eigenvalue weighted by Crippen LogP contribution is 2.31. The number of anilines is 1. The van der Waals surface area contributed by atoms with Crippen molar-refractivity contribution in [2.75, 3.05) is 4.90 Å². The quantitative estimate of drug-likeness (QED) is 0.795. The van der Waals surface area contributed by atoms with Crippen molar-refractivity contribution in [3.8, 4) is 0 Å². The molecule has 2 heterocycles. The van der Waals surface area contributed by atoms with Crippen LogP contribution in [0.2, 0.25) is 0 Å². The summed E-state index contributed by atoms with van der Waals surface area (Å²) in [5.41, 5.74) is -2.45. The Labute approximate surface area is 106 Å². The second kappa shape index (κ2) is 3.94. The van der Waals surface area contributed by atoms with E-state index in [1.54, 1.807) is 0 Å². The number of aromatic nitrogens is 1. The van der Waals surface area contributed by atoms with Crippen LogP contribution in [0.3, 0.4) is 0 Å². The van der Waals surface area contributed by atoms with E-state index >= 15 is 0 Å². The lowest BCUT2D eigenvalue weighted by Gasteiger charge is -2.16. The Bertz CT molecular complexity index is 554. The van der Waals surface area contributed by atoms with Crippen molar-refractivity contribution in [2.24, 2.45) is 0 Å². The number of hydrogen-bond acceptors (Lipinski definition) is 3. The number of nitrogens with one attached hydrogen (secondary N) is 1. The van der Waals surface area contributed by atoms with E-state index in [0.717, 1.165) is 6.20 Å². The van der Waals surface area contributed by atoms with Crippen LogP contribution in [-0.2, 0) is 11.0 Å². The number of carbonyl (C=O) groups excluding carboxylic acids is 2. The molecule has 1 aliphatic heterocycles. The van der Waals surface area contributed by atoms with Gasteiger partial charge < -0.3 is 5.32 Å². The molecule has 1 N–H and O–H groups in total. The molecule has 0 saturated carbocycles. The van der Waals surface area contributed by atoms with Crippen LogP contribution < -0.4 is 10.2 Å². The molecule has 0 radical (unpaired) electrons. The summed E-state index contributed by atoms with van der Waals surface area (Å²) in [4.78, 5) is 27.4. The van der Waals surface area contributed by atoms with Crippen molar-refractivity contribution < 1.29 is 22.8 Å². The molecule has 102 valence electrons. The summed E-state index contributed by atoms with van der Waals surface area (Å²) < 4.78 is 37.6. The van der Waals surface area contributed by atoms with E-state index in [4.69, 9.17) is 0 Å². The zero-order chi connectivity index (χ0) is 14.4. The van der Waals surface area contributed by atoms with Gasteiger partial charge in [0.05, 0.1) is 5.69 Å². The Morgan fingerprint density at radius 3 is 2.42 bits per heavy atom. The van der Waals surface area contributed by atoms with Crippen LogP contribution in [0.15, 0.2) is 18.3 Å². The molecular weight excluding hydrogens is 263 g/mol. The highest BCUT2D eigenvalue weighted by Gasteiger charge is 2.45. The van der Waals surface area contributed by atoms with E-state index in [2.05, 4.69) is 10.3 Å². The minimum atomic E-state index is -4.63. The third-order valence-electron chi connectivity index (χ3n) is 2.65. The molecule has 0 spiro atoms. The van der Waals surface area contributed by atoms with Crippen LogP contribution in [0.5, 0.6) is 0 Å². The zero-order valence-corrected chi connectivity index (χ0v) is 10.1. The standard InChI is InChI=1S/C11H10F3N3O2/c1-10(2)8(18)17(9(19)16-10)6-3-4-15-7(5-6)11(12,13)14/h3-5H,1-2H3,(H,16,19). The second-order valence-electron chi connectivity index (χ2n) is 4.59. The first-order valence-electron chi connectivity index (χ1n) is 5.33. The largest absolute Gasteiger partial charge is 0.433 e. The monoisotopic (exact) mass is 273 g/mol. The van der Waals surface area contributed by atoms with Gasteiger partial charge in [0, 0.05) is 6.20 Å². The van der Waals surface area contributed by atoms with Crippen molar-refractivity contribution in [1.82, 2.24) is 10.3 Å². The predicted molar refractivity (Wildman–Crippen MR) is 59.3 cm³/mol. The molecule has 0 aromatic carbocycles. The average Bonchev–Trinajstić information content (AvgIpc) is 2.47. The lowest BCUT2D eigenvalue weighted by atomic mass is 10.1. The minimum absolute atomic E-state index is 0.157. The molecule has 1 saturated heterocycles. The summed E-state index contributed by atoms with van der Waals surface area (Å²) in [6.45, 7) is 2.94. The molecule has 0 aliphatic carbocycles. The molecule has 19 heavy (non-hydrogen) atoms. The van der Waals surface area contributed by atoms with Crippen molar-refractivity contribution in [1.29, 1.82) is 0 Å². The number of alkyl halides is 3. The maximum atomic E-state index is 12.5. The molecule has 1 aliphatic rings. The summed E-state index contributed by atoms with van der Waals surface area (Å²) in [7, 11) is 0. The summed E-state index contributed by atoms with van der Waals surface area (Å²) in [5.74, 6) is -0.614. The third kappa shape index (κ3) is 2.25. The Kier molecular flexibility index (Phi) is 2.76. The van der Waals surface area contributed by atoms with Gasteiger partial charge in [0.15, 0.2) is 0 Å². The van der Waals surface area contributed by atoms with E-state index in [0.29, 0.717) is 11.0 Å². The van der Waals surface area contributed by atoms with E-state index in [1.807, 2.05) is 0 Å². The maximum absolute atomic E-state index is 12.5. The molecule has 0 bridgehead atoms. The average molecular weight is 273 g/mol. The Morgan fingerprint density at radius 2 is 1.95 bits per heavy atom. The number of urea groups is 1. The Morgan fingerprint density at radius 1 is 1.32 bits per heavy atom. The molecule has 2 rings (SSSR count). The summed E-state index contributed by atoms with van der Waals surface area (Å²) >= 11 is 0. The number of amides is 3. The number of imide groups is 1. The summed E-state index contributed by atoms with van der Waals surface area (Å²) in [5, 5.41) is 2.39. The fourth-order valence-corrected chi connectivity index (χ4v) is 1.70. The first-order valence-corrected chi connectivity index (χ1v) is 5.33. The zero-order valence-electron chi connectivity index (χ0n) is 10.1. The Balaban J connectivity index is 2.44. The SMILES string of the molecule is CC1(C)NC(=O)N(c2ccnc(C(F)(F)F)c2)C1=O. The first kappa shape index (κ1) is 13.3. The van der Waals surface area contributed by atoms with Crippen LogP contribution in [0.25, 0.3) is 0 Å². The Hall–Kier alpha value is -2.12. The van der Waals surface area contributed by atoms with Crippen molar-refractivity contribution >= 4 is 17.6 Å². The number of hydrogen-bond donors (Lipinski definition) is 1. The normalized spacial score (nSPS) is 18.7. The van der Waals surface area contributed by atoms with Gasteiger partial charge >= 0.3 is 12.2 Å². The predicted octanol–water partition coefficient (Wildman–Crippen LogP) is 1.94. The van der Waals surface area contributed by atoms with Gasteiger partial charge in [-0.3, -0.25) is 9.78 Å². The van der Waals surface area contributed by atoms with Crippen LogP contribution in [0.4, 0.5) is 23.7 Å². The molecule has 5 nitrogen and oxygen atoms in total. The highest BCUT2D eigenvalue weighted by molar-refractivity contribution is 6.22. The van der Waals surface area contributed by atoms with E-state index < -0.39 is 29.3 Å². The van der Waals surface area contributed by atoms with Gasteiger partial charge in [0.1, 0.15) is 11.2 Å². The molecule has 3 amide bonds. The fraction of sp³-hybridized carbons (Fsp3) is 0.364. The van der Waals surface area contributed by atoms with Crippen LogP contribution in [0, 0.1) is 0 Å². The lowest BCUT2D eigenvalue weighted by molar-refractivity contribution is -0.141. The first-order chi connectivity index (χ1) is 8.63. The molecular formula is C11H10F3N3O2. The fourth-order valence-electron chi connectivity index (χ4n) is 1.70. The van der Waals surface area contributed by atoms with Crippen LogP contribution >= 0.6 is 0 Å². The van der Waals surface area contributed by atoms with Crippen molar-refractivity contribution in [3.63, 3.8) is 0 Å². The number of nitrogens with zero attached hydrogens (tertiary/aromatic N) is 2.